The summed E-state index contributed by atoms with van der Waals surface area (Å²) in [6, 6.07) is 12.5. The Bertz CT molecular complexity index is 1130. The molecule has 4 rings (SSSR count). The highest BCUT2D eigenvalue weighted by Crippen LogP contribution is 2.52. The zero-order chi connectivity index (χ0) is 22.3. The number of ketones is 1. The van der Waals surface area contributed by atoms with Crippen molar-refractivity contribution in [3.05, 3.63) is 69.5 Å². The first-order chi connectivity index (χ1) is 14.8. The molecular weight excluding hydrogens is 422 g/mol. The molecule has 0 fully saturated rings. The van der Waals surface area contributed by atoms with Gasteiger partial charge in [0.05, 0.1) is 21.8 Å². The molecule has 0 radical (unpaired) electrons. The molecule has 1 aromatic heterocycles. The highest BCUT2D eigenvalue weighted by atomic mass is 32.2. The van der Waals surface area contributed by atoms with Crippen molar-refractivity contribution in [2.75, 3.05) is 10.7 Å². The summed E-state index contributed by atoms with van der Waals surface area (Å²) in [5.41, 5.74) is 11.7. The van der Waals surface area contributed by atoms with E-state index in [1.165, 1.54) is 0 Å². The normalized spacial score (nSPS) is 20.7. The quantitative estimate of drug-likeness (QED) is 0.570. The lowest BCUT2D eigenvalue weighted by Gasteiger charge is -2.43. The number of aryl methyl sites for hydroxylation is 1. The van der Waals surface area contributed by atoms with E-state index in [1.807, 2.05) is 41.5 Å². The van der Waals surface area contributed by atoms with E-state index in [4.69, 9.17) is 5.73 Å². The Morgan fingerprint density at radius 2 is 1.97 bits per heavy atom. The number of allylic oxidation sites excluding steroid dienone is 3. The van der Waals surface area contributed by atoms with Gasteiger partial charge in [-0.15, -0.1) is 23.1 Å². The fourth-order valence-electron chi connectivity index (χ4n) is 4.58. The summed E-state index contributed by atoms with van der Waals surface area (Å²) in [6.07, 6.45) is 1.21. The summed E-state index contributed by atoms with van der Waals surface area (Å²) in [6.45, 7) is 8.40. The van der Waals surface area contributed by atoms with Crippen molar-refractivity contribution in [3.63, 3.8) is 0 Å². The van der Waals surface area contributed by atoms with Gasteiger partial charge in [-0.2, -0.15) is 5.26 Å². The van der Waals surface area contributed by atoms with E-state index in [2.05, 4.69) is 32.9 Å². The molecule has 31 heavy (non-hydrogen) atoms. The molecule has 4 nitrogen and oxygen atoms in total. The molecule has 0 spiro atoms. The Labute approximate surface area is 192 Å². The molecule has 0 bridgehead atoms. The van der Waals surface area contributed by atoms with Gasteiger partial charge in [0.25, 0.3) is 0 Å². The van der Waals surface area contributed by atoms with E-state index in [-0.39, 0.29) is 11.2 Å². The molecular formula is C25H27N3OS2. The van der Waals surface area contributed by atoms with Crippen molar-refractivity contribution in [2.24, 2.45) is 11.1 Å². The number of rotatable bonds is 4. The molecule has 0 amide bonds. The van der Waals surface area contributed by atoms with Crippen LogP contribution in [0.1, 0.15) is 50.7 Å². The van der Waals surface area contributed by atoms with Gasteiger partial charge in [0, 0.05) is 23.4 Å². The maximum absolute atomic E-state index is 13.6. The fourth-order valence-corrected chi connectivity index (χ4v) is 6.64. The number of Topliss-reactive ketones (excluding diaryl/α,β-unsaturated/α-hetero) is 1. The number of thiophene rings is 1. The maximum atomic E-state index is 13.6. The Hall–Kier alpha value is -2.49. The third-order valence-corrected chi connectivity index (χ3v) is 8.07. The number of anilines is 1. The van der Waals surface area contributed by atoms with Gasteiger partial charge < -0.3 is 5.73 Å². The van der Waals surface area contributed by atoms with Crippen LogP contribution in [0.15, 0.2) is 62.6 Å². The maximum Gasteiger partial charge on any atom is 0.162 e. The number of thioether (sulfide) groups is 1. The number of nitrogens with two attached hydrogens (primary N) is 1. The molecule has 6 heteroatoms. The summed E-state index contributed by atoms with van der Waals surface area (Å²) in [7, 11) is 0. The van der Waals surface area contributed by atoms with Gasteiger partial charge in [0.2, 0.25) is 0 Å². The summed E-state index contributed by atoms with van der Waals surface area (Å²) in [5, 5.41) is 12.2. The van der Waals surface area contributed by atoms with Crippen LogP contribution in [0.25, 0.3) is 0 Å². The number of benzene rings is 1. The minimum atomic E-state index is -0.398. The summed E-state index contributed by atoms with van der Waals surface area (Å²) in [5.74, 6) is 1.08. The first-order valence-electron chi connectivity index (χ1n) is 10.5. The van der Waals surface area contributed by atoms with Crippen LogP contribution < -0.4 is 10.6 Å². The van der Waals surface area contributed by atoms with Crippen LogP contribution in [0.2, 0.25) is 0 Å². The molecule has 1 aromatic carbocycles. The van der Waals surface area contributed by atoms with Crippen LogP contribution in [0, 0.1) is 23.7 Å². The van der Waals surface area contributed by atoms with Crippen molar-refractivity contribution in [2.45, 2.75) is 50.7 Å². The number of hydrogen-bond donors (Lipinski definition) is 1. The smallest absolute Gasteiger partial charge is 0.162 e. The first kappa shape index (κ1) is 21.7. The van der Waals surface area contributed by atoms with Crippen LogP contribution in [0.4, 0.5) is 5.69 Å². The average molecular weight is 450 g/mol. The summed E-state index contributed by atoms with van der Waals surface area (Å²) < 4.78 is 1.15. The zero-order valence-electron chi connectivity index (χ0n) is 18.4. The van der Waals surface area contributed by atoms with Gasteiger partial charge in [-0.05, 0) is 53.7 Å². The van der Waals surface area contributed by atoms with E-state index in [9.17, 15) is 10.1 Å². The third-order valence-electron chi connectivity index (χ3n) is 5.92. The van der Waals surface area contributed by atoms with Crippen molar-refractivity contribution in [3.8, 4) is 6.07 Å². The minimum absolute atomic E-state index is 0.118. The monoisotopic (exact) mass is 449 g/mol. The number of hydrogen-bond acceptors (Lipinski definition) is 6. The van der Waals surface area contributed by atoms with Gasteiger partial charge in [-0.1, -0.05) is 38.5 Å². The molecule has 2 aliphatic rings. The third kappa shape index (κ3) is 3.81. The van der Waals surface area contributed by atoms with Crippen LogP contribution in [-0.4, -0.2) is 11.5 Å². The second kappa shape index (κ2) is 8.22. The minimum Gasteiger partial charge on any atom is -0.384 e. The number of carbonyl (C=O) groups is 1. The Morgan fingerprint density at radius 3 is 2.61 bits per heavy atom. The topological polar surface area (TPSA) is 70.1 Å². The van der Waals surface area contributed by atoms with Crippen LogP contribution >= 0.6 is 23.1 Å². The van der Waals surface area contributed by atoms with E-state index >= 15 is 0 Å². The lowest BCUT2D eigenvalue weighted by molar-refractivity contribution is -0.118. The van der Waals surface area contributed by atoms with Crippen LogP contribution in [0.5, 0.6) is 0 Å². The molecule has 1 aliphatic heterocycles. The van der Waals surface area contributed by atoms with Crippen LogP contribution in [0.3, 0.4) is 0 Å². The zero-order valence-corrected chi connectivity index (χ0v) is 20.0. The molecule has 160 valence electrons. The fraction of sp³-hybridized carbons (Fsp3) is 0.360. The Morgan fingerprint density at radius 1 is 1.26 bits per heavy atom. The number of nitriles is 1. The van der Waals surface area contributed by atoms with Gasteiger partial charge in [-0.25, -0.2) is 0 Å². The lowest BCUT2D eigenvalue weighted by Crippen LogP contribution is -2.42. The molecule has 0 saturated carbocycles. The second-order valence-corrected chi connectivity index (χ2v) is 11.4. The van der Waals surface area contributed by atoms with Gasteiger partial charge in [0.1, 0.15) is 5.82 Å². The first-order valence-corrected chi connectivity index (χ1v) is 12.4. The second-order valence-electron chi connectivity index (χ2n) is 8.91. The Balaban J connectivity index is 1.98. The van der Waals surface area contributed by atoms with E-state index in [0.29, 0.717) is 17.8 Å². The summed E-state index contributed by atoms with van der Waals surface area (Å²) >= 11 is 3.42. The van der Waals surface area contributed by atoms with E-state index in [1.54, 1.807) is 23.1 Å². The van der Waals surface area contributed by atoms with Crippen molar-refractivity contribution in [1.29, 1.82) is 5.26 Å². The van der Waals surface area contributed by atoms with Gasteiger partial charge >= 0.3 is 0 Å². The van der Waals surface area contributed by atoms with E-state index < -0.39 is 5.92 Å². The number of nitrogens with zero attached hydrogens (tertiary/aromatic N) is 2. The van der Waals surface area contributed by atoms with Crippen molar-refractivity contribution >= 4 is 34.6 Å². The molecule has 2 aromatic rings. The molecule has 0 unspecified atom stereocenters. The summed E-state index contributed by atoms with van der Waals surface area (Å²) in [4.78, 5) is 15.5. The standard InChI is InChI=1S/C25H27N3OS2/c1-5-30-24-17(10-11-31-24)21-18(14-26)23(27)28(16-8-6-15(2)7-9-16)19-12-25(3,4)13-20(29)22(19)21/h6-11,21H,5,12-13,27H2,1-4H3/t21-/m1/s1. The largest absolute Gasteiger partial charge is 0.384 e. The lowest BCUT2D eigenvalue weighted by atomic mass is 9.69. The highest BCUT2D eigenvalue weighted by Gasteiger charge is 2.45. The number of carbonyl (C=O) groups excluding carboxylic acids is 1. The average Bonchev–Trinajstić information content (AvgIpc) is 3.15. The molecule has 2 heterocycles. The van der Waals surface area contributed by atoms with Gasteiger partial charge in [0.15, 0.2) is 5.78 Å². The van der Waals surface area contributed by atoms with E-state index in [0.717, 1.165) is 44.5 Å². The SMILES string of the molecule is CCSc1sccc1[C@@H]1C(C#N)=C(N)N(c2ccc(C)cc2)C2=C1C(=O)CC(C)(C)C2. The predicted molar refractivity (Wildman–Crippen MR) is 129 cm³/mol. The molecule has 1 atom stereocenters. The van der Waals surface area contributed by atoms with Gasteiger partial charge in [-0.3, -0.25) is 9.69 Å². The molecule has 2 N–H and O–H groups in total. The predicted octanol–water partition coefficient (Wildman–Crippen LogP) is 6.11. The Kier molecular flexibility index (Phi) is 5.76. The van der Waals surface area contributed by atoms with Crippen LogP contribution in [-0.2, 0) is 4.79 Å². The van der Waals surface area contributed by atoms with Crippen molar-refractivity contribution < 1.29 is 4.79 Å². The molecule has 1 aliphatic carbocycles. The molecule has 0 saturated heterocycles. The highest BCUT2D eigenvalue weighted by molar-refractivity contribution is 8.01. The van der Waals surface area contributed by atoms with Crippen molar-refractivity contribution in [1.82, 2.24) is 0 Å².